The van der Waals surface area contributed by atoms with Gasteiger partial charge in [0.25, 0.3) is 5.91 Å². The van der Waals surface area contributed by atoms with Crippen LogP contribution in [0.3, 0.4) is 0 Å². The summed E-state index contributed by atoms with van der Waals surface area (Å²) in [6, 6.07) is 4.46. The molecule has 2 atom stereocenters. The fourth-order valence-corrected chi connectivity index (χ4v) is 6.25. The average molecular weight is 501 g/mol. The van der Waals surface area contributed by atoms with E-state index in [4.69, 9.17) is 16.1 Å². The molecule has 1 aromatic carbocycles. The van der Waals surface area contributed by atoms with Crippen LogP contribution in [0.2, 0.25) is 5.02 Å². The number of aryl methyl sites for hydroxylation is 1. The van der Waals surface area contributed by atoms with Gasteiger partial charge in [0.15, 0.2) is 0 Å². The Labute approximate surface area is 211 Å². The lowest BCUT2D eigenvalue weighted by Crippen LogP contribution is -2.51. The first-order valence-corrected chi connectivity index (χ1v) is 13.0. The molecule has 2 bridgehead atoms. The lowest BCUT2D eigenvalue weighted by atomic mass is 9.49. The van der Waals surface area contributed by atoms with Gasteiger partial charge in [-0.3, -0.25) is 9.69 Å². The number of hydrogen-bond acceptors (Lipinski definition) is 5. The number of fused-ring (bicyclic) bond motifs is 1. The molecule has 188 valence electrons. The molecule has 8 heteroatoms. The molecule has 4 aliphatic rings. The summed E-state index contributed by atoms with van der Waals surface area (Å²) in [4.78, 5) is 18.4. The SMILES string of the molecule is Cc1onc(-c2c(F)cccc2Cl)c1C(=O)N(CCN1CCNCC1)CC1=CCC2CC1C2(C)C. The number of carbonyl (C=O) groups excluding carboxylic acids is 1. The Morgan fingerprint density at radius 3 is 2.80 bits per heavy atom. The maximum atomic E-state index is 14.8. The number of carbonyl (C=O) groups is 1. The molecule has 35 heavy (non-hydrogen) atoms. The first-order chi connectivity index (χ1) is 16.8. The van der Waals surface area contributed by atoms with Crippen LogP contribution in [0.4, 0.5) is 4.39 Å². The second-order valence-corrected chi connectivity index (χ2v) is 11.1. The second kappa shape index (κ2) is 9.68. The zero-order valence-electron chi connectivity index (χ0n) is 20.7. The third kappa shape index (κ3) is 4.54. The number of halogens is 2. The van der Waals surface area contributed by atoms with Crippen LogP contribution in [-0.4, -0.2) is 66.7 Å². The van der Waals surface area contributed by atoms with Crippen molar-refractivity contribution in [2.45, 2.75) is 33.6 Å². The van der Waals surface area contributed by atoms with Crippen molar-refractivity contribution in [3.8, 4) is 11.3 Å². The van der Waals surface area contributed by atoms with E-state index in [-0.39, 0.29) is 27.6 Å². The highest BCUT2D eigenvalue weighted by atomic mass is 35.5. The summed E-state index contributed by atoms with van der Waals surface area (Å²) in [6.07, 6.45) is 4.60. The van der Waals surface area contributed by atoms with E-state index in [0.717, 1.165) is 45.1 Å². The third-order valence-electron chi connectivity index (χ3n) is 8.42. The number of nitrogens with zero attached hydrogens (tertiary/aromatic N) is 3. The minimum Gasteiger partial charge on any atom is -0.360 e. The zero-order chi connectivity index (χ0) is 24.7. The fraction of sp³-hybridized carbons (Fsp3) is 0.556. The zero-order valence-corrected chi connectivity index (χ0v) is 21.5. The van der Waals surface area contributed by atoms with Crippen molar-refractivity contribution < 1.29 is 13.7 Å². The second-order valence-electron chi connectivity index (χ2n) is 10.7. The van der Waals surface area contributed by atoms with Crippen LogP contribution < -0.4 is 5.32 Å². The van der Waals surface area contributed by atoms with Crippen LogP contribution >= 0.6 is 11.6 Å². The Balaban J connectivity index is 1.45. The molecular weight excluding hydrogens is 467 g/mol. The van der Waals surface area contributed by atoms with E-state index in [0.29, 0.717) is 30.3 Å². The van der Waals surface area contributed by atoms with E-state index in [9.17, 15) is 9.18 Å². The fourth-order valence-electron chi connectivity index (χ4n) is 6.00. The molecule has 1 aromatic heterocycles. The standard InChI is InChI=1S/C27H34ClFN4O2/c1-17-23(25(31-35-17)24-21(28)5-4-6-22(24)29)26(34)33(14-13-32-11-9-30-10-12-32)16-18-7-8-19-15-20(18)27(19,2)3/h4-7,19-20,30H,8-16H2,1-3H3. The molecule has 2 heterocycles. The van der Waals surface area contributed by atoms with Gasteiger partial charge >= 0.3 is 0 Å². The average Bonchev–Trinajstić information content (AvgIpc) is 3.22. The molecule has 2 fully saturated rings. The van der Waals surface area contributed by atoms with E-state index in [1.54, 1.807) is 19.1 Å². The smallest absolute Gasteiger partial charge is 0.260 e. The number of benzene rings is 1. The third-order valence-corrected chi connectivity index (χ3v) is 8.73. The topological polar surface area (TPSA) is 61.6 Å². The molecule has 1 amide bonds. The monoisotopic (exact) mass is 500 g/mol. The van der Waals surface area contributed by atoms with Gasteiger partial charge in [-0.15, -0.1) is 0 Å². The molecule has 6 nitrogen and oxygen atoms in total. The van der Waals surface area contributed by atoms with Crippen LogP contribution in [0, 0.1) is 30.0 Å². The summed E-state index contributed by atoms with van der Waals surface area (Å²) in [6.45, 7) is 12.2. The van der Waals surface area contributed by atoms with Crippen LogP contribution in [0.1, 0.15) is 42.8 Å². The van der Waals surface area contributed by atoms with E-state index in [1.165, 1.54) is 18.1 Å². The summed E-state index contributed by atoms with van der Waals surface area (Å²) < 4.78 is 20.2. The predicted molar refractivity (Wildman–Crippen MR) is 135 cm³/mol. The summed E-state index contributed by atoms with van der Waals surface area (Å²) in [5.41, 5.74) is 2.18. The minimum absolute atomic E-state index is 0.108. The van der Waals surface area contributed by atoms with Crippen molar-refractivity contribution in [1.29, 1.82) is 0 Å². The molecular formula is C27H34ClFN4O2. The quantitative estimate of drug-likeness (QED) is 0.554. The number of rotatable bonds is 7. The molecule has 1 N–H and O–H groups in total. The van der Waals surface area contributed by atoms with Gasteiger partial charge in [-0.1, -0.05) is 48.3 Å². The van der Waals surface area contributed by atoms with Gasteiger partial charge in [0.1, 0.15) is 22.8 Å². The van der Waals surface area contributed by atoms with Crippen LogP contribution in [0.25, 0.3) is 11.3 Å². The van der Waals surface area contributed by atoms with Gasteiger partial charge < -0.3 is 14.7 Å². The molecule has 2 unspecified atom stereocenters. The summed E-state index contributed by atoms with van der Waals surface area (Å²) >= 11 is 6.34. The predicted octanol–water partition coefficient (Wildman–Crippen LogP) is 4.78. The molecule has 1 saturated heterocycles. The Bertz CT molecular complexity index is 1120. The number of amides is 1. The number of nitrogens with one attached hydrogen (secondary N) is 1. The number of piperazine rings is 1. The van der Waals surface area contributed by atoms with E-state index < -0.39 is 5.82 Å². The first kappa shape index (κ1) is 24.5. The Morgan fingerprint density at radius 2 is 2.11 bits per heavy atom. The Kier molecular flexibility index (Phi) is 6.77. The van der Waals surface area contributed by atoms with Gasteiger partial charge in [0.05, 0.1) is 10.6 Å². The van der Waals surface area contributed by atoms with Crippen LogP contribution in [0.15, 0.2) is 34.4 Å². The Hall–Kier alpha value is -2.22. The first-order valence-electron chi connectivity index (χ1n) is 12.6. The highest BCUT2D eigenvalue weighted by Gasteiger charge is 2.51. The summed E-state index contributed by atoms with van der Waals surface area (Å²) in [7, 11) is 0. The number of allylic oxidation sites excluding steroid dienone is 1. The maximum Gasteiger partial charge on any atom is 0.260 e. The van der Waals surface area contributed by atoms with E-state index in [1.807, 2.05) is 4.90 Å². The normalized spacial score (nSPS) is 23.5. The van der Waals surface area contributed by atoms with E-state index in [2.05, 4.69) is 35.3 Å². The summed E-state index contributed by atoms with van der Waals surface area (Å²) in [5.74, 6) is 0.895. The summed E-state index contributed by atoms with van der Waals surface area (Å²) in [5, 5.41) is 7.66. The van der Waals surface area contributed by atoms with Crippen LogP contribution in [0.5, 0.6) is 0 Å². The molecule has 1 saturated carbocycles. The van der Waals surface area contributed by atoms with Crippen molar-refractivity contribution in [2.75, 3.05) is 45.8 Å². The molecule has 2 aromatic rings. The largest absolute Gasteiger partial charge is 0.360 e. The highest BCUT2D eigenvalue weighted by molar-refractivity contribution is 6.33. The van der Waals surface area contributed by atoms with Gasteiger partial charge in [0.2, 0.25) is 0 Å². The lowest BCUT2D eigenvalue weighted by Gasteiger charge is -2.57. The van der Waals surface area contributed by atoms with E-state index >= 15 is 0 Å². The molecule has 6 rings (SSSR count). The number of aromatic nitrogens is 1. The molecule has 0 spiro atoms. The van der Waals surface area contributed by atoms with Gasteiger partial charge in [0, 0.05) is 45.8 Å². The maximum absolute atomic E-state index is 14.8. The number of hydrogen-bond donors (Lipinski definition) is 1. The van der Waals surface area contributed by atoms with Crippen molar-refractivity contribution >= 4 is 17.5 Å². The van der Waals surface area contributed by atoms with Crippen molar-refractivity contribution in [1.82, 2.24) is 20.3 Å². The molecule has 1 aliphatic heterocycles. The van der Waals surface area contributed by atoms with Crippen molar-refractivity contribution in [2.24, 2.45) is 17.3 Å². The molecule has 3 aliphatic carbocycles. The molecule has 0 radical (unpaired) electrons. The minimum atomic E-state index is -0.524. The lowest BCUT2D eigenvalue weighted by molar-refractivity contribution is -0.0105. The van der Waals surface area contributed by atoms with Gasteiger partial charge in [-0.25, -0.2) is 4.39 Å². The Morgan fingerprint density at radius 1 is 1.34 bits per heavy atom. The van der Waals surface area contributed by atoms with Gasteiger partial charge in [-0.05, 0) is 49.1 Å². The van der Waals surface area contributed by atoms with Crippen molar-refractivity contribution in [3.05, 3.63) is 52.0 Å². The highest BCUT2D eigenvalue weighted by Crippen LogP contribution is 2.59. The van der Waals surface area contributed by atoms with Crippen LogP contribution in [-0.2, 0) is 0 Å². The van der Waals surface area contributed by atoms with Crippen molar-refractivity contribution in [3.63, 3.8) is 0 Å². The van der Waals surface area contributed by atoms with Gasteiger partial charge in [-0.2, -0.15) is 0 Å².